The zero-order valence-corrected chi connectivity index (χ0v) is 15.3. The molecule has 1 heterocycles. The highest BCUT2D eigenvalue weighted by Crippen LogP contribution is 2.31. The molecule has 3 nitrogen and oxygen atoms in total. The Labute approximate surface area is 155 Å². The van der Waals surface area contributed by atoms with Crippen molar-refractivity contribution >= 4 is 51.9 Å². The molecule has 0 saturated carbocycles. The fraction of sp³-hybridized carbons (Fsp3) is 0.111. The van der Waals surface area contributed by atoms with Gasteiger partial charge in [0.25, 0.3) is 5.91 Å². The number of carbonyl (C=O) groups excluding carboxylic acids is 1. The number of benzene rings is 2. The molecular formula is C18H14ClNO2S2. The number of carbonyl (C=O) groups is 1. The first-order chi connectivity index (χ1) is 11.5. The van der Waals surface area contributed by atoms with Crippen LogP contribution in [0.1, 0.15) is 11.1 Å². The lowest BCUT2D eigenvalue weighted by Crippen LogP contribution is -2.22. The van der Waals surface area contributed by atoms with Crippen molar-refractivity contribution in [1.82, 2.24) is 4.90 Å². The molecule has 0 unspecified atom stereocenters. The third-order valence-corrected chi connectivity index (χ3v) is 5.20. The Hall–Kier alpha value is -1.82. The summed E-state index contributed by atoms with van der Waals surface area (Å²) in [5, 5.41) is 0.703. The standard InChI is InChI=1S/C18H14ClNO2S2/c1-20-17(21)16(24-18(20)23)10-13-3-2-4-15(9-13)22-11-12-5-7-14(19)8-6-12/h2-10H,11H2,1H3/b16-10-. The van der Waals surface area contributed by atoms with Gasteiger partial charge in [0.2, 0.25) is 0 Å². The molecule has 2 aromatic rings. The lowest BCUT2D eigenvalue weighted by molar-refractivity contribution is -0.121. The van der Waals surface area contributed by atoms with Gasteiger partial charge in [-0.3, -0.25) is 9.69 Å². The van der Waals surface area contributed by atoms with Crippen LogP contribution in [0.3, 0.4) is 0 Å². The van der Waals surface area contributed by atoms with E-state index in [4.69, 9.17) is 28.6 Å². The largest absolute Gasteiger partial charge is 0.489 e. The number of amides is 1. The second kappa shape index (κ2) is 7.38. The van der Waals surface area contributed by atoms with E-state index in [0.717, 1.165) is 16.9 Å². The average molecular weight is 376 g/mol. The fourth-order valence-corrected chi connectivity index (χ4v) is 3.44. The predicted octanol–water partition coefficient (Wildman–Crippen LogP) is 4.75. The second-order valence-corrected chi connectivity index (χ2v) is 7.34. The van der Waals surface area contributed by atoms with Crippen LogP contribution in [0.25, 0.3) is 6.08 Å². The first-order valence-corrected chi connectivity index (χ1v) is 8.82. The third kappa shape index (κ3) is 3.98. The first kappa shape index (κ1) is 17.0. The zero-order chi connectivity index (χ0) is 17.1. The summed E-state index contributed by atoms with van der Waals surface area (Å²) in [5.74, 6) is 0.670. The molecule has 2 aromatic carbocycles. The van der Waals surface area contributed by atoms with E-state index in [9.17, 15) is 4.79 Å². The Morgan fingerprint density at radius 2 is 2.00 bits per heavy atom. The number of ether oxygens (including phenoxy) is 1. The van der Waals surface area contributed by atoms with Crippen LogP contribution in [0.2, 0.25) is 5.02 Å². The molecule has 0 radical (unpaired) electrons. The minimum Gasteiger partial charge on any atom is -0.489 e. The maximum atomic E-state index is 12.1. The van der Waals surface area contributed by atoms with Crippen LogP contribution in [0.4, 0.5) is 0 Å². The normalized spacial score (nSPS) is 16.1. The monoisotopic (exact) mass is 375 g/mol. The van der Waals surface area contributed by atoms with Crippen molar-refractivity contribution in [2.75, 3.05) is 7.05 Å². The summed E-state index contributed by atoms with van der Waals surface area (Å²) in [5.41, 5.74) is 1.94. The Morgan fingerprint density at radius 3 is 2.67 bits per heavy atom. The molecule has 0 spiro atoms. The Bertz CT molecular complexity index is 818. The fourth-order valence-electron chi connectivity index (χ4n) is 2.14. The number of likely N-dealkylation sites (N-methyl/N-ethyl adjacent to an activating group) is 1. The van der Waals surface area contributed by atoms with Gasteiger partial charge in [-0.25, -0.2) is 0 Å². The molecule has 1 aliphatic heterocycles. The van der Waals surface area contributed by atoms with Gasteiger partial charge < -0.3 is 4.74 Å². The quantitative estimate of drug-likeness (QED) is 0.569. The Kier molecular flexibility index (Phi) is 5.23. The summed E-state index contributed by atoms with van der Waals surface area (Å²) in [6.45, 7) is 0.456. The third-order valence-electron chi connectivity index (χ3n) is 3.46. The number of halogens is 1. The number of nitrogens with zero attached hydrogens (tertiary/aromatic N) is 1. The van der Waals surface area contributed by atoms with Crippen LogP contribution >= 0.6 is 35.6 Å². The summed E-state index contributed by atoms with van der Waals surface area (Å²) >= 11 is 12.3. The van der Waals surface area contributed by atoms with Crippen LogP contribution < -0.4 is 4.74 Å². The molecule has 6 heteroatoms. The van der Waals surface area contributed by atoms with E-state index in [-0.39, 0.29) is 5.91 Å². The molecule has 0 bridgehead atoms. The van der Waals surface area contributed by atoms with Gasteiger partial charge in [0.1, 0.15) is 16.7 Å². The van der Waals surface area contributed by atoms with Crippen LogP contribution in [-0.2, 0) is 11.4 Å². The Balaban J connectivity index is 1.71. The topological polar surface area (TPSA) is 29.5 Å². The molecule has 122 valence electrons. The van der Waals surface area contributed by atoms with Gasteiger partial charge in [-0.05, 0) is 41.5 Å². The van der Waals surface area contributed by atoms with Gasteiger partial charge in [0, 0.05) is 12.1 Å². The predicted molar refractivity (Wildman–Crippen MR) is 103 cm³/mol. The SMILES string of the molecule is CN1C(=O)/C(=C/c2cccc(OCc3ccc(Cl)cc3)c2)SC1=S. The smallest absolute Gasteiger partial charge is 0.265 e. The molecule has 0 aliphatic carbocycles. The maximum absolute atomic E-state index is 12.1. The van der Waals surface area contributed by atoms with Gasteiger partial charge in [-0.1, -0.05) is 59.8 Å². The van der Waals surface area contributed by atoms with Crippen LogP contribution in [0.5, 0.6) is 5.75 Å². The zero-order valence-electron chi connectivity index (χ0n) is 12.9. The van der Waals surface area contributed by atoms with Crippen LogP contribution in [0, 0.1) is 0 Å². The number of thioether (sulfide) groups is 1. The maximum Gasteiger partial charge on any atom is 0.265 e. The summed E-state index contributed by atoms with van der Waals surface area (Å²) in [7, 11) is 1.68. The molecule has 3 rings (SSSR count). The van der Waals surface area contributed by atoms with Gasteiger partial charge in [-0.2, -0.15) is 0 Å². The number of rotatable bonds is 4. The summed E-state index contributed by atoms with van der Waals surface area (Å²) in [6.07, 6.45) is 1.83. The second-order valence-electron chi connectivity index (χ2n) is 5.23. The molecule has 1 aliphatic rings. The summed E-state index contributed by atoms with van der Waals surface area (Å²) < 4.78 is 6.38. The molecule has 1 saturated heterocycles. The van der Waals surface area contributed by atoms with Crippen molar-refractivity contribution in [2.45, 2.75) is 6.61 Å². The lowest BCUT2D eigenvalue weighted by Gasteiger charge is -2.07. The Morgan fingerprint density at radius 1 is 1.25 bits per heavy atom. The molecule has 24 heavy (non-hydrogen) atoms. The van der Waals surface area contributed by atoms with E-state index in [1.54, 1.807) is 7.05 Å². The number of hydrogen-bond donors (Lipinski definition) is 0. The highest BCUT2D eigenvalue weighted by molar-refractivity contribution is 8.26. The van der Waals surface area contributed by atoms with Crippen molar-refractivity contribution in [1.29, 1.82) is 0 Å². The van der Waals surface area contributed by atoms with E-state index >= 15 is 0 Å². The molecule has 1 amide bonds. The van der Waals surface area contributed by atoms with Crippen molar-refractivity contribution < 1.29 is 9.53 Å². The van der Waals surface area contributed by atoms with Gasteiger partial charge in [-0.15, -0.1) is 0 Å². The van der Waals surface area contributed by atoms with Crippen LogP contribution in [-0.4, -0.2) is 22.2 Å². The van der Waals surface area contributed by atoms with Crippen molar-refractivity contribution in [3.8, 4) is 5.75 Å². The first-order valence-electron chi connectivity index (χ1n) is 7.22. The van der Waals surface area contributed by atoms with E-state index in [1.165, 1.54) is 16.7 Å². The minimum absolute atomic E-state index is 0.0718. The molecule has 0 N–H and O–H groups in total. The average Bonchev–Trinajstić information content (AvgIpc) is 2.82. The number of thiocarbonyl (C=S) groups is 1. The molecular weight excluding hydrogens is 362 g/mol. The van der Waals surface area contributed by atoms with E-state index in [0.29, 0.717) is 20.9 Å². The number of hydrogen-bond acceptors (Lipinski definition) is 4. The summed E-state index contributed by atoms with van der Waals surface area (Å²) in [6, 6.07) is 15.1. The minimum atomic E-state index is -0.0718. The van der Waals surface area contributed by atoms with E-state index in [1.807, 2.05) is 54.6 Å². The van der Waals surface area contributed by atoms with Crippen molar-refractivity contribution in [3.63, 3.8) is 0 Å². The van der Waals surface area contributed by atoms with E-state index in [2.05, 4.69) is 0 Å². The van der Waals surface area contributed by atoms with Gasteiger partial charge >= 0.3 is 0 Å². The molecule has 0 aromatic heterocycles. The van der Waals surface area contributed by atoms with Crippen molar-refractivity contribution in [3.05, 3.63) is 69.6 Å². The highest BCUT2D eigenvalue weighted by atomic mass is 35.5. The van der Waals surface area contributed by atoms with Crippen molar-refractivity contribution in [2.24, 2.45) is 0 Å². The summed E-state index contributed by atoms with van der Waals surface area (Å²) in [4.78, 5) is 14.2. The van der Waals surface area contributed by atoms with Crippen LogP contribution in [0.15, 0.2) is 53.4 Å². The van der Waals surface area contributed by atoms with Gasteiger partial charge in [0.15, 0.2) is 0 Å². The van der Waals surface area contributed by atoms with Gasteiger partial charge in [0.05, 0.1) is 4.91 Å². The highest BCUT2D eigenvalue weighted by Gasteiger charge is 2.28. The lowest BCUT2D eigenvalue weighted by atomic mass is 10.2. The van der Waals surface area contributed by atoms with E-state index < -0.39 is 0 Å². The molecule has 1 fully saturated rings. The molecule has 0 atom stereocenters.